The fraction of sp³-hybridized carbons (Fsp3) is 0.143. The smallest absolute Gasteiger partial charge is 0.271 e. The van der Waals surface area contributed by atoms with Gasteiger partial charge in [0.15, 0.2) is 12.4 Å². The highest BCUT2D eigenvalue weighted by atomic mass is 35.5. The molecule has 4 nitrogen and oxygen atoms in total. The van der Waals surface area contributed by atoms with E-state index in [2.05, 4.69) is 0 Å². The van der Waals surface area contributed by atoms with Crippen LogP contribution in [-0.4, -0.2) is 22.9 Å². The first-order valence-corrected chi connectivity index (χ1v) is 6.57. The minimum absolute atomic E-state index is 0.271. The van der Waals surface area contributed by atoms with Crippen molar-refractivity contribution in [2.24, 2.45) is 0 Å². The van der Waals surface area contributed by atoms with Crippen LogP contribution in [-0.2, 0) is 0 Å². The van der Waals surface area contributed by atoms with Crippen LogP contribution in [0.15, 0.2) is 36.5 Å². The first kappa shape index (κ1) is 14.6. The van der Waals surface area contributed by atoms with Gasteiger partial charge in [0.25, 0.3) is 5.91 Å². The van der Waals surface area contributed by atoms with Gasteiger partial charge >= 0.3 is 0 Å². The van der Waals surface area contributed by atoms with E-state index in [1.165, 1.54) is 16.8 Å². The summed E-state index contributed by atoms with van der Waals surface area (Å²) in [5, 5.41) is 0.801. The van der Waals surface area contributed by atoms with Gasteiger partial charge in [-0.1, -0.05) is 23.2 Å². The zero-order valence-corrected chi connectivity index (χ0v) is 12.1. The maximum atomic E-state index is 12.2. The molecule has 0 saturated carbocycles. The highest BCUT2D eigenvalue weighted by molar-refractivity contribution is 6.35. The third-order valence-corrected chi connectivity index (χ3v) is 3.21. The first-order chi connectivity index (χ1) is 9.52. The number of carbonyl (C=O) groups is 2. The summed E-state index contributed by atoms with van der Waals surface area (Å²) >= 11 is 11.8. The summed E-state index contributed by atoms with van der Waals surface area (Å²) in [6.45, 7) is 1.59. The fourth-order valence-electron chi connectivity index (χ4n) is 1.70. The van der Waals surface area contributed by atoms with E-state index < -0.39 is 6.10 Å². The standard InChI is InChI=1S/C14H11Cl2NO3/c1-9(14(19)17-6-2-3-11(17)8-18)20-13-5-4-10(15)7-12(13)16/h2-9H,1H3. The lowest BCUT2D eigenvalue weighted by molar-refractivity contribution is 0.0722. The lowest BCUT2D eigenvalue weighted by atomic mass is 10.3. The second-order valence-corrected chi connectivity index (χ2v) is 4.94. The predicted octanol–water partition coefficient (Wildman–Crippen LogP) is 3.72. The Bertz CT molecular complexity index is 652. The number of carbonyl (C=O) groups excluding carboxylic acids is 2. The van der Waals surface area contributed by atoms with Crippen molar-refractivity contribution in [2.75, 3.05) is 0 Å². The molecule has 2 aromatic rings. The van der Waals surface area contributed by atoms with E-state index in [0.717, 1.165) is 0 Å². The van der Waals surface area contributed by atoms with Gasteiger partial charge in [-0.2, -0.15) is 0 Å². The number of hydrogen-bond donors (Lipinski definition) is 0. The van der Waals surface area contributed by atoms with Crippen molar-refractivity contribution in [3.05, 3.63) is 52.3 Å². The molecule has 1 aromatic heterocycles. The van der Waals surface area contributed by atoms with Crippen molar-refractivity contribution < 1.29 is 14.3 Å². The van der Waals surface area contributed by atoms with Crippen molar-refractivity contribution in [3.8, 4) is 5.75 Å². The Morgan fingerprint density at radius 3 is 2.75 bits per heavy atom. The summed E-state index contributed by atoms with van der Waals surface area (Å²) in [4.78, 5) is 23.0. The Morgan fingerprint density at radius 1 is 1.35 bits per heavy atom. The van der Waals surface area contributed by atoms with Gasteiger partial charge in [-0.3, -0.25) is 14.2 Å². The molecule has 0 amide bonds. The Hall–Kier alpha value is -1.78. The van der Waals surface area contributed by atoms with Gasteiger partial charge in [0.1, 0.15) is 5.75 Å². The Kier molecular flexibility index (Phi) is 4.47. The summed E-state index contributed by atoms with van der Waals surface area (Å²) < 4.78 is 6.75. The zero-order valence-electron chi connectivity index (χ0n) is 10.5. The van der Waals surface area contributed by atoms with Gasteiger partial charge in [-0.15, -0.1) is 0 Å². The van der Waals surface area contributed by atoms with Crippen molar-refractivity contribution in [1.82, 2.24) is 4.57 Å². The number of rotatable bonds is 4. The number of nitrogens with zero attached hydrogens (tertiary/aromatic N) is 1. The lowest BCUT2D eigenvalue weighted by Crippen LogP contribution is -2.29. The molecule has 0 bridgehead atoms. The summed E-state index contributed by atoms with van der Waals surface area (Å²) in [6, 6.07) is 7.90. The van der Waals surface area contributed by atoms with Crippen molar-refractivity contribution in [1.29, 1.82) is 0 Å². The van der Waals surface area contributed by atoms with E-state index in [1.807, 2.05) is 0 Å². The third-order valence-electron chi connectivity index (χ3n) is 2.68. The number of ether oxygens (including phenoxy) is 1. The van der Waals surface area contributed by atoms with E-state index in [4.69, 9.17) is 27.9 Å². The van der Waals surface area contributed by atoms with Crippen LogP contribution >= 0.6 is 23.2 Å². The normalized spacial score (nSPS) is 11.9. The molecule has 1 unspecified atom stereocenters. The Balaban J connectivity index is 2.17. The van der Waals surface area contributed by atoms with Gasteiger partial charge in [0, 0.05) is 11.2 Å². The molecular weight excluding hydrogens is 301 g/mol. The van der Waals surface area contributed by atoms with E-state index >= 15 is 0 Å². The van der Waals surface area contributed by atoms with Gasteiger partial charge in [-0.25, -0.2) is 0 Å². The fourth-order valence-corrected chi connectivity index (χ4v) is 2.15. The van der Waals surface area contributed by atoms with Crippen LogP contribution in [0.2, 0.25) is 10.0 Å². The summed E-state index contributed by atoms with van der Waals surface area (Å²) in [5.41, 5.74) is 0.271. The van der Waals surface area contributed by atoms with Crippen LogP contribution in [0, 0.1) is 0 Å². The van der Waals surface area contributed by atoms with Crippen molar-refractivity contribution in [3.63, 3.8) is 0 Å². The quantitative estimate of drug-likeness (QED) is 0.809. The minimum Gasteiger partial charge on any atom is -0.479 e. The van der Waals surface area contributed by atoms with E-state index in [-0.39, 0.29) is 11.6 Å². The highest BCUT2D eigenvalue weighted by Gasteiger charge is 2.19. The predicted molar refractivity (Wildman–Crippen MR) is 77.0 cm³/mol. The molecule has 0 aliphatic rings. The molecular formula is C14H11Cl2NO3. The van der Waals surface area contributed by atoms with E-state index in [9.17, 15) is 9.59 Å². The molecule has 0 radical (unpaired) electrons. The van der Waals surface area contributed by atoms with Crippen LogP contribution in [0.5, 0.6) is 5.75 Å². The molecule has 0 fully saturated rings. The van der Waals surface area contributed by atoms with Crippen molar-refractivity contribution >= 4 is 35.4 Å². The van der Waals surface area contributed by atoms with Crippen LogP contribution in [0.4, 0.5) is 0 Å². The number of aldehydes is 1. The van der Waals surface area contributed by atoms with E-state index in [0.29, 0.717) is 22.1 Å². The van der Waals surface area contributed by atoms with Gasteiger partial charge < -0.3 is 4.74 Å². The Morgan fingerprint density at radius 2 is 2.10 bits per heavy atom. The molecule has 0 aliphatic heterocycles. The van der Waals surface area contributed by atoms with Crippen LogP contribution in [0.25, 0.3) is 0 Å². The largest absolute Gasteiger partial charge is 0.479 e. The lowest BCUT2D eigenvalue weighted by Gasteiger charge is -2.15. The molecule has 0 aliphatic carbocycles. The number of hydrogen-bond acceptors (Lipinski definition) is 3. The van der Waals surface area contributed by atoms with Crippen LogP contribution in [0.1, 0.15) is 22.2 Å². The SMILES string of the molecule is CC(Oc1ccc(Cl)cc1Cl)C(=O)n1cccc1C=O. The Labute approximate surface area is 125 Å². The summed E-state index contributed by atoms with van der Waals surface area (Å²) in [5.74, 6) is -0.000146. The molecule has 6 heteroatoms. The number of benzene rings is 1. The number of aromatic nitrogens is 1. The van der Waals surface area contributed by atoms with Crippen LogP contribution < -0.4 is 4.74 Å². The van der Waals surface area contributed by atoms with E-state index in [1.54, 1.807) is 31.2 Å². The van der Waals surface area contributed by atoms with Gasteiger partial charge in [0.05, 0.1) is 10.7 Å². The first-order valence-electron chi connectivity index (χ1n) is 5.81. The van der Waals surface area contributed by atoms with Crippen LogP contribution in [0.3, 0.4) is 0 Å². The summed E-state index contributed by atoms with van der Waals surface area (Å²) in [6.07, 6.45) is 1.33. The molecule has 1 atom stereocenters. The van der Waals surface area contributed by atoms with Gasteiger partial charge in [-0.05, 0) is 37.3 Å². The minimum atomic E-state index is -0.792. The molecule has 20 heavy (non-hydrogen) atoms. The second-order valence-electron chi connectivity index (χ2n) is 4.09. The molecule has 104 valence electrons. The number of halogens is 2. The van der Waals surface area contributed by atoms with Crippen molar-refractivity contribution in [2.45, 2.75) is 13.0 Å². The average molecular weight is 312 g/mol. The molecule has 0 N–H and O–H groups in total. The average Bonchev–Trinajstić information content (AvgIpc) is 2.89. The highest BCUT2D eigenvalue weighted by Crippen LogP contribution is 2.28. The maximum Gasteiger partial charge on any atom is 0.271 e. The summed E-state index contributed by atoms with van der Waals surface area (Å²) in [7, 11) is 0. The zero-order chi connectivity index (χ0) is 14.7. The third kappa shape index (κ3) is 3.03. The maximum absolute atomic E-state index is 12.2. The molecule has 1 heterocycles. The molecule has 0 spiro atoms. The van der Waals surface area contributed by atoms with Gasteiger partial charge in [0.2, 0.25) is 0 Å². The topological polar surface area (TPSA) is 48.3 Å². The molecule has 0 saturated heterocycles. The monoisotopic (exact) mass is 311 g/mol. The molecule has 1 aromatic carbocycles. The second kappa shape index (κ2) is 6.11. The molecule has 2 rings (SSSR count).